The van der Waals surface area contributed by atoms with E-state index in [0.717, 1.165) is 12.0 Å². The molecule has 0 rings (SSSR count). The van der Waals surface area contributed by atoms with E-state index in [9.17, 15) is 10.0 Å². The van der Waals surface area contributed by atoms with Gasteiger partial charge < -0.3 is 0 Å². The highest BCUT2D eigenvalue weighted by Crippen LogP contribution is 2.13. The van der Waals surface area contributed by atoms with Crippen LogP contribution in [0.15, 0.2) is 12.2 Å². The molecule has 0 spiro atoms. The molecule has 5 heteroatoms. The van der Waals surface area contributed by atoms with Gasteiger partial charge in [0.15, 0.2) is 0 Å². The molecule has 0 aliphatic heterocycles. The van der Waals surface area contributed by atoms with E-state index in [2.05, 4.69) is 34.6 Å². The van der Waals surface area contributed by atoms with Gasteiger partial charge in [-0.2, -0.15) is 5.17 Å². The second kappa shape index (κ2) is 7.19. The maximum absolute atomic E-state index is 11.5. The first-order valence-electron chi connectivity index (χ1n) is 4.91. The van der Waals surface area contributed by atoms with Crippen molar-refractivity contribution in [2.75, 3.05) is 6.54 Å². The van der Waals surface area contributed by atoms with Gasteiger partial charge in [-0.25, -0.2) is 5.43 Å². The Bertz CT molecular complexity index is 231. The van der Waals surface area contributed by atoms with Gasteiger partial charge in [0.25, 0.3) is 5.91 Å². The van der Waals surface area contributed by atoms with Gasteiger partial charge in [0, 0.05) is 10.5 Å². The molecule has 2 N–H and O–H groups in total. The standard InChI is InChI=1S/C10H19IN2O2/c1-7(2)5-6-12-13(15)10(14)8(3)9(4)11/h8-9,12,15H,1,5-6H2,2-4H3. The summed E-state index contributed by atoms with van der Waals surface area (Å²) in [5, 5.41) is 9.98. The molecule has 2 atom stereocenters. The van der Waals surface area contributed by atoms with Crippen molar-refractivity contribution in [3.63, 3.8) is 0 Å². The summed E-state index contributed by atoms with van der Waals surface area (Å²) in [6.45, 7) is 9.88. The number of halogens is 1. The third kappa shape index (κ3) is 6.11. The van der Waals surface area contributed by atoms with Crippen LogP contribution in [0.5, 0.6) is 0 Å². The Morgan fingerprint density at radius 2 is 2.13 bits per heavy atom. The van der Waals surface area contributed by atoms with Crippen LogP contribution in [0, 0.1) is 5.92 Å². The van der Waals surface area contributed by atoms with Crippen molar-refractivity contribution in [3.8, 4) is 0 Å². The fourth-order valence-corrected chi connectivity index (χ4v) is 1.15. The van der Waals surface area contributed by atoms with Crippen molar-refractivity contribution in [1.82, 2.24) is 10.6 Å². The van der Waals surface area contributed by atoms with E-state index >= 15 is 0 Å². The summed E-state index contributed by atoms with van der Waals surface area (Å²) in [5.41, 5.74) is 3.64. The molecule has 88 valence electrons. The number of nitrogens with zero attached hydrogens (tertiary/aromatic N) is 1. The number of nitrogens with one attached hydrogen (secondary N) is 1. The zero-order valence-electron chi connectivity index (χ0n) is 9.46. The Morgan fingerprint density at radius 3 is 2.53 bits per heavy atom. The van der Waals surface area contributed by atoms with Crippen LogP contribution in [-0.2, 0) is 4.79 Å². The lowest BCUT2D eigenvalue weighted by Crippen LogP contribution is -2.44. The zero-order chi connectivity index (χ0) is 12.0. The van der Waals surface area contributed by atoms with Crippen LogP contribution < -0.4 is 5.43 Å². The number of carbonyl (C=O) groups excluding carboxylic acids is 1. The molecule has 0 bridgehead atoms. The van der Waals surface area contributed by atoms with Crippen LogP contribution in [0.4, 0.5) is 0 Å². The summed E-state index contributed by atoms with van der Waals surface area (Å²) >= 11 is 2.16. The predicted molar refractivity (Wildman–Crippen MR) is 68.7 cm³/mol. The van der Waals surface area contributed by atoms with Gasteiger partial charge >= 0.3 is 0 Å². The second-order valence-electron chi connectivity index (χ2n) is 3.73. The maximum Gasteiger partial charge on any atom is 0.264 e. The van der Waals surface area contributed by atoms with Gasteiger partial charge in [-0.3, -0.25) is 10.0 Å². The molecular formula is C10H19IN2O2. The summed E-state index contributed by atoms with van der Waals surface area (Å²) in [6, 6.07) is 0. The van der Waals surface area contributed by atoms with Crippen molar-refractivity contribution >= 4 is 28.5 Å². The number of hydroxylamine groups is 1. The molecule has 4 nitrogen and oxygen atoms in total. The van der Waals surface area contributed by atoms with Gasteiger partial charge in [0.05, 0.1) is 5.92 Å². The van der Waals surface area contributed by atoms with E-state index < -0.39 is 0 Å². The SMILES string of the molecule is C=C(C)CCNN(O)C(=O)C(C)C(C)I. The Morgan fingerprint density at radius 1 is 1.60 bits per heavy atom. The quantitative estimate of drug-likeness (QED) is 0.258. The van der Waals surface area contributed by atoms with Crippen molar-refractivity contribution in [3.05, 3.63) is 12.2 Å². The molecule has 0 heterocycles. The zero-order valence-corrected chi connectivity index (χ0v) is 11.6. The van der Waals surface area contributed by atoms with E-state index in [-0.39, 0.29) is 15.7 Å². The third-order valence-corrected chi connectivity index (χ3v) is 3.18. The fraction of sp³-hybridized carbons (Fsp3) is 0.700. The fourth-order valence-electron chi connectivity index (χ4n) is 0.842. The van der Waals surface area contributed by atoms with Gasteiger partial charge in [-0.15, -0.1) is 6.58 Å². The summed E-state index contributed by atoms with van der Waals surface area (Å²) in [5.74, 6) is -0.508. The van der Waals surface area contributed by atoms with Crippen LogP contribution in [-0.4, -0.2) is 26.8 Å². The monoisotopic (exact) mass is 326 g/mol. The Kier molecular flexibility index (Phi) is 7.12. The second-order valence-corrected chi connectivity index (χ2v) is 5.70. The normalized spacial score (nSPS) is 14.5. The Labute approximate surface area is 105 Å². The molecule has 15 heavy (non-hydrogen) atoms. The van der Waals surface area contributed by atoms with Crippen LogP contribution in [0.25, 0.3) is 0 Å². The molecule has 0 aromatic heterocycles. The van der Waals surface area contributed by atoms with E-state index in [1.807, 2.05) is 13.8 Å². The number of hydrogen-bond acceptors (Lipinski definition) is 3. The van der Waals surface area contributed by atoms with Crippen molar-refractivity contribution in [2.45, 2.75) is 31.1 Å². The minimum Gasteiger partial charge on any atom is -0.271 e. The Hall–Kier alpha value is -0.140. The maximum atomic E-state index is 11.5. The number of hydrogen-bond donors (Lipinski definition) is 2. The number of amides is 1. The molecule has 0 saturated heterocycles. The first-order chi connectivity index (χ1) is 6.86. The number of rotatable bonds is 6. The predicted octanol–water partition coefficient (Wildman–Crippen LogP) is 2.13. The molecule has 0 fully saturated rings. The highest BCUT2D eigenvalue weighted by atomic mass is 127. The first kappa shape index (κ1) is 14.9. The highest BCUT2D eigenvalue weighted by molar-refractivity contribution is 14.1. The summed E-state index contributed by atoms with van der Waals surface area (Å²) < 4.78 is 0.188. The highest BCUT2D eigenvalue weighted by Gasteiger charge is 2.22. The molecule has 0 aliphatic carbocycles. The van der Waals surface area contributed by atoms with Crippen LogP contribution in [0.3, 0.4) is 0 Å². The van der Waals surface area contributed by atoms with E-state index in [1.165, 1.54) is 0 Å². The molecule has 0 aromatic carbocycles. The first-order valence-corrected chi connectivity index (χ1v) is 6.15. The topological polar surface area (TPSA) is 52.6 Å². The lowest BCUT2D eigenvalue weighted by atomic mass is 10.1. The van der Waals surface area contributed by atoms with E-state index in [1.54, 1.807) is 6.92 Å². The van der Waals surface area contributed by atoms with Gasteiger partial charge in [0.1, 0.15) is 0 Å². The van der Waals surface area contributed by atoms with Crippen molar-refractivity contribution in [1.29, 1.82) is 0 Å². The van der Waals surface area contributed by atoms with Gasteiger partial charge in [-0.05, 0) is 13.3 Å². The molecule has 0 radical (unpaired) electrons. The Balaban J connectivity index is 3.94. The summed E-state index contributed by atoms with van der Waals surface area (Å²) in [4.78, 5) is 11.5. The number of hydrazine groups is 1. The minimum absolute atomic E-state index is 0.188. The van der Waals surface area contributed by atoms with E-state index in [0.29, 0.717) is 11.7 Å². The summed E-state index contributed by atoms with van der Waals surface area (Å²) in [7, 11) is 0. The smallest absolute Gasteiger partial charge is 0.264 e. The molecular weight excluding hydrogens is 307 g/mol. The lowest BCUT2D eigenvalue weighted by Gasteiger charge is -2.21. The van der Waals surface area contributed by atoms with Crippen molar-refractivity contribution < 1.29 is 10.0 Å². The molecule has 2 unspecified atom stereocenters. The number of carbonyl (C=O) groups is 1. The third-order valence-electron chi connectivity index (χ3n) is 2.10. The van der Waals surface area contributed by atoms with Crippen LogP contribution in [0.1, 0.15) is 27.2 Å². The summed E-state index contributed by atoms with van der Waals surface area (Å²) in [6.07, 6.45) is 0.735. The van der Waals surface area contributed by atoms with E-state index in [4.69, 9.17) is 0 Å². The lowest BCUT2D eigenvalue weighted by molar-refractivity contribution is -0.183. The molecule has 0 saturated carbocycles. The van der Waals surface area contributed by atoms with Gasteiger partial charge in [-0.1, -0.05) is 42.0 Å². The molecule has 0 aromatic rings. The number of alkyl halides is 1. The molecule has 1 amide bonds. The van der Waals surface area contributed by atoms with Gasteiger partial charge in [0.2, 0.25) is 0 Å². The molecule has 0 aliphatic rings. The van der Waals surface area contributed by atoms with Crippen LogP contribution in [0.2, 0.25) is 0 Å². The van der Waals surface area contributed by atoms with Crippen LogP contribution >= 0.6 is 22.6 Å². The average Bonchev–Trinajstić information content (AvgIpc) is 2.14. The van der Waals surface area contributed by atoms with Crippen molar-refractivity contribution in [2.24, 2.45) is 5.92 Å². The minimum atomic E-state index is -0.307. The largest absolute Gasteiger partial charge is 0.271 e. The average molecular weight is 326 g/mol.